The molecular formula is C48H39N6O2-. The van der Waals surface area contributed by atoms with Crippen molar-refractivity contribution in [1.82, 2.24) is 19.9 Å². The number of para-hydroxylation sites is 4. The Morgan fingerprint density at radius 1 is 0.429 bits per heavy atom. The standard InChI is InChI=1S/C48H39N6O2/c55-45-41(39-29-49-47(51-39)31-21-25-37(26-22-31)53(33-13-5-1-6-14-33)34-15-7-2-8-16-34)43-44(46(43)56)42(45)40-30-50-48(52-40)32-23-27-38(28-24-32)54(35-17-9-3-10-18-35)36-19-11-4-12-20-36/h1-30,41-46,56H,(H,49,51)(H,50,52)/q-1/t41?,42?,43-,44?,45?,46?/m1/s1. The van der Waals surface area contributed by atoms with E-state index >= 15 is 0 Å². The van der Waals surface area contributed by atoms with Crippen molar-refractivity contribution in [3.63, 3.8) is 0 Å². The van der Waals surface area contributed by atoms with Crippen LogP contribution in [0.25, 0.3) is 22.8 Å². The van der Waals surface area contributed by atoms with Gasteiger partial charge in [0.1, 0.15) is 11.6 Å². The second-order valence-corrected chi connectivity index (χ2v) is 14.6. The van der Waals surface area contributed by atoms with Crippen molar-refractivity contribution >= 4 is 34.1 Å². The molecule has 8 heteroatoms. The van der Waals surface area contributed by atoms with Crippen molar-refractivity contribution in [2.75, 3.05) is 9.80 Å². The van der Waals surface area contributed by atoms with E-state index in [0.29, 0.717) is 11.6 Å². The zero-order chi connectivity index (χ0) is 37.6. The van der Waals surface area contributed by atoms with Crippen LogP contribution in [-0.4, -0.2) is 37.3 Å². The van der Waals surface area contributed by atoms with Crippen molar-refractivity contribution in [3.8, 4) is 22.8 Å². The molecule has 6 atom stereocenters. The highest BCUT2D eigenvalue weighted by molar-refractivity contribution is 5.79. The van der Waals surface area contributed by atoms with Crippen LogP contribution in [0, 0.1) is 11.8 Å². The zero-order valence-corrected chi connectivity index (χ0v) is 30.4. The van der Waals surface area contributed by atoms with Gasteiger partial charge in [0.2, 0.25) is 0 Å². The van der Waals surface area contributed by atoms with Crippen molar-refractivity contribution < 1.29 is 10.2 Å². The van der Waals surface area contributed by atoms with Crippen LogP contribution in [0.2, 0.25) is 0 Å². The minimum absolute atomic E-state index is 0.128. The van der Waals surface area contributed by atoms with Crippen LogP contribution < -0.4 is 14.9 Å². The number of benzene rings is 6. The molecule has 2 aliphatic rings. The summed E-state index contributed by atoms with van der Waals surface area (Å²) in [6, 6.07) is 57.8. The van der Waals surface area contributed by atoms with E-state index in [2.05, 4.69) is 117 Å². The smallest absolute Gasteiger partial charge is 0.137 e. The molecule has 0 amide bonds. The summed E-state index contributed by atoms with van der Waals surface area (Å²) in [6.45, 7) is 0. The molecule has 0 radical (unpaired) electrons. The summed E-state index contributed by atoms with van der Waals surface area (Å²) in [5.74, 6) is 0.365. The van der Waals surface area contributed by atoms with Crippen molar-refractivity contribution in [1.29, 1.82) is 0 Å². The van der Waals surface area contributed by atoms with Gasteiger partial charge in [-0.25, -0.2) is 9.97 Å². The van der Waals surface area contributed by atoms with E-state index in [1.807, 2.05) is 72.8 Å². The number of nitrogens with one attached hydrogen (secondary N) is 2. The molecule has 0 aliphatic heterocycles. The van der Waals surface area contributed by atoms with Crippen LogP contribution in [0.4, 0.5) is 34.1 Å². The van der Waals surface area contributed by atoms with E-state index in [9.17, 15) is 10.2 Å². The number of rotatable bonds is 10. The molecule has 56 heavy (non-hydrogen) atoms. The summed E-state index contributed by atoms with van der Waals surface area (Å²) in [4.78, 5) is 20.8. The molecule has 2 fully saturated rings. The molecule has 2 aliphatic carbocycles. The molecule has 2 saturated carbocycles. The van der Waals surface area contributed by atoms with Crippen LogP contribution in [0.5, 0.6) is 0 Å². The Kier molecular flexibility index (Phi) is 8.54. The third-order valence-corrected chi connectivity index (χ3v) is 11.4. The van der Waals surface area contributed by atoms with E-state index < -0.39 is 12.2 Å². The van der Waals surface area contributed by atoms with E-state index in [1.54, 1.807) is 12.4 Å². The van der Waals surface area contributed by atoms with Gasteiger partial charge in [0.15, 0.2) is 0 Å². The van der Waals surface area contributed by atoms with Gasteiger partial charge in [0.25, 0.3) is 0 Å². The zero-order valence-electron chi connectivity index (χ0n) is 30.4. The lowest BCUT2D eigenvalue weighted by molar-refractivity contribution is -0.430. The number of anilines is 6. The van der Waals surface area contributed by atoms with Gasteiger partial charge in [-0.2, -0.15) is 0 Å². The molecule has 10 rings (SSSR count). The maximum atomic E-state index is 14.2. The predicted molar refractivity (Wildman–Crippen MR) is 220 cm³/mol. The second kappa shape index (κ2) is 14.2. The number of aliphatic hydroxyl groups excluding tert-OH is 1. The molecule has 6 aromatic carbocycles. The number of aromatic nitrogens is 4. The summed E-state index contributed by atoms with van der Waals surface area (Å²) < 4.78 is 0. The van der Waals surface area contributed by atoms with E-state index in [4.69, 9.17) is 9.97 Å². The van der Waals surface area contributed by atoms with Gasteiger partial charge >= 0.3 is 0 Å². The average Bonchev–Trinajstić information content (AvgIpc) is 3.69. The monoisotopic (exact) mass is 731 g/mol. The van der Waals surface area contributed by atoms with Gasteiger partial charge in [-0.15, -0.1) is 6.10 Å². The first-order chi connectivity index (χ1) is 27.6. The Hall–Kier alpha value is -6.74. The highest BCUT2D eigenvalue weighted by atomic mass is 16.3. The quantitative estimate of drug-likeness (QED) is 0.129. The molecular weight excluding hydrogens is 693 g/mol. The van der Waals surface area contributed by atoms with Crippen molar-refractivity contribution in [3.05, 3.63) is 194 Å². The molecule has 274 valence electrons. The fourth-order valence-electron chi connectivity index (χ4n) is 8.72. The van der Waals surface area contributed by atoms with Crippen molar-refractivity contribution in [2.24, 2.45) is 11.8 Å². The van der Waals surface area contributed by atoms with Gasteiger partial charge in [-0.05, 0) is 121 Å². The highest BCUT2D eigenvalue weighted by Gasteiger charge is 2.64. The SMILES string of the molecule is [O-]C1C(c2cnc(-c3ccc(N(c4ccccc4)c4ccccc4)cc3)[nH]2)C2C(O)[C@@H]2C1c1cnc(-c2ccc(N(c3ccccc3)c3ccccc3)cc2)[nH]1. The Balaban J connectivity index is 0.873. The Labute approximate surface area is 325 Å². The normalized spacial score (nSPS) is 21.0. The number of aliphatic hydroxyl groups is 1. The Bertz CT molecular complexity index is 2280. The lowest BCUT2D eigenvalue weighted by atomic mass is 9.89. The number of aromatic amines is 2. The Morgan fingerprint density at radius 3 is 1.05 bits per heavy atom. The molecule has 0 bridgehead atoms. The molecule has 5 unspecified atom stereocenters. The minimum Gasteiger partial charge on any atom is -0.851 e. The third kappa shape index (κ3) is 6.05. The molecule has 0 saturated heterocycles. The van der Waals surface area contributed by atoms with Crippen molar-refractivity contribution in [2.45, 2.75) is 24.0 Å². The minimum atomic E-state index is -0.963. The highest BCUT2D eigenvalue weighted by Crippen LogP contribution is 2.64. The fourth-order valence-corrected chi connectivity index (χ4v) is 8.72. The maximum absolute atomic E-state index is 14.2. The lowest BCUT2D eigenvalue weighted by Crippen LogP contribution is -2.38. The Morgan fingerprint density at radius 2 is 0.732 bits per heavy atom. The number of nitrogens with zero attached hydrogens (tertiary/aromatic N) is 4. The first-order valence-electron chi connectivity index (χ1n) is 19.1. The van der Waals surface area contributed by atoms with Crippen LogP contribution in [0.15, 0.2) is 182 Å². The van der Waals surface area contributed by atoms with Gasteiger partial charge in [-0.3, -0.25) is 0 Å². The first kappa shape index (κ1) is 33.8. The van der Waals surface area contributed by atoms with Crippen LogP contribution in [0.1, 0.15) is 23.2 Å². The topological polar surface area (TPSA) is 107 Å². The van der Waals surface area contributed by atoms with E-state index in [1.165, 1.54) is 0 Å². The maximum Gasteiger partial charge on any atom is 0.137 e. The summed E-state index contributed by atoms with van der Waals surface area (Å²) in [5, 5.41) is 25.3. The van der Waals surface area contributed by atoms with Gasteiger partial charge < -0.3 is 30.0 Å². The molecule has 2 aromatic heterocycles. The number of imidazole rings is 2. The largest absolute Gasteiger partial charge is 0.851 e. The molecule has 2 heterocycles. The fraction of sp³-hybridized carbons (Fsp3) is 0.125. The van der Waals surface area contributed by atoms with Crippen LogP contribution >= 0.6 is 0 Å². The predicted octanol–water partition coefficient (Wildman–Crippen LogP) is 9.62. The first-order valence-corrected chi connectivity index (χ1v) is 19.1. The van der Waals surface area contributed by atoms with Gasteiger partial charge in [-0.1, -0.05) is 72.8 Å². The summed E-state index contributed by atoms with van der Waals surface area (Å²) in [7, 11) is 0. The van der Waals surface area contributed by atoms with Gasteiger partial charge in [0, 0.05) is 69.0 Å². The lowest BCUT2D eigenvalue weighted by Gasteiger charge is -2.33. The van der Waals surface area contributed by atoms with E-state index in [-0.39, 0.29) is 23.7 Å². The van der Waals surface area contributed by atoms with E-state index in [0.717, 1.165) is 56.6 Å². The summed E-state index contributed by atoms with van der Waals surface area (Å²) >= 11 is 0. The van der Waals surface area contributed by atoms with Crippen LogP contribution in [-0.2, 0) is 0 Å². The second-order valence-electron chi connectivity index (χ2n) is 14.6. The number of H-pyrrole nitrogens is 2. The molecule has 0 spiro atoms. The number of hydrogen-bond acceptors (Lipinski definition) is 6. The number of fused-ring (bicyclic) bond motifs is 1. The van der Waals surface area contributed by atoms with Crippen LogP contribution in [0.3, 0.4) is 0 Å². The molecule has 8 nitrogen and oxygen atoms in total. The average molecular weight is 732 g/mol. The van der Waals surface area contributed by atoms with Gasteiger partial charge in [0.05, 0.1) is 6.10 Å². The summed E-state index contributed by atoms with van der Waals surface area (Å²) in [6.07, 6.45) is 2.04. The third-order valence-electron chi connectivity index (χ3n) is 11.4. The molecule has 3 N–H and O–H groups in total. The summed E-state index contributed by atoms with van der Waals surface area (Å²) in [5.41, 5.74) is 9.70. The molecule has 8 aromatic rings. The number of hydrogen-bond donors (Lipinski definition) is 3.